The Bertz CT molecular complexity index is 1390. The molecule has 0 aliphatic rings. The third-order valence-electron chi connectivity index (χ3n) is 5.39. The maximum atomic E-state index is 12.6. The van der Waals surface area contributed by atoms with Crippen LogP contribution in [-0.2, 0) is 0 Å². The number of hydrogen-bond acceptors (Lipinski definition) is 5. The predicted molar refractivity (Wildman–Crippen MR) is 155 cm³/mol. The molecule has 0 atom stereocenters. The summed E-state index contributed by atoms with van der Waals surface area (Å²) in [5, 5.41) is 21.7. The van der Waals surface area contributed by atoms with Crippen molar-refractivity contribution in [3.05, 3.63) is 90.0 Å². The number of nitrogens with two attached hydrogens (primary N) is 2. The van der Waals surface area contributed by atoms with Crippen LogP contribution in [0.3, 0.4) is 0 Å². The summed E-state index contributed by atoms with van der Waals surface area (Å²) >= 11 is 0. The zero-order chi connectivity index (χ0) is 27.7. The topological polar surface area (TPSA) is 171 Å². The summed E-state index contributed by atoms with van der Waals surface area (Å²) in [5.74, 6) is -0.145. The maximum Gasteiger partial charge on any atom is 0.323 e. The normalized spacial score (nSPS) is 10.7. The number of guanidine groups is 1. The van der Waals surface area contributed by atoms with Crippen LogP contribution in [0.4, 0.5) is 32.3 Å². The first-order valence-electron chi connectivity index (χ1n) is 11.6. The Balaban J connectivity index is 1.62. The monoisotopic (exact) mass is 513 g/mol. The third kappa shape index (κ3) is 7.85. The standard InChI is InChI=1S/C27H31N9O2/c1-16-8-11-23(15-24(16)34-27(38)31-21-12-9-19(10-13-21)17(2)30-4)33-26(37)32-22-7-5-6-20(14-22)18(3)35-36-25(28)29/h5-15,30H,2H2,1,3-4H3,(H4,28,29,36)(H2,31,34,38)(H2,32,33,37)/b35-18+. The van der Waals surface area contributed by atoms with Gasteiger partial charge in [-0.15, -0.1) is 5.10 Å². The van der Waals surface area contributed by atoms with Crippen LogP contribution in [0.25, 0.3) is 5.70 Å². The number of benzene rings is 3. The molecule has 4 amide bonds. The molecule has 3 rings (SSSR count). The minimum Gasteiger partial charge on any atom is -0.388 e. The second-order valence-corrected chi connectivity index (χ2v) is 8.28. The summed E-state index contributed by atoms with van der Waals surface area (Å²) in [6, 6.07) is 18.7. The minimum atomic E-state index is -0.455. The lowest BCUT2D eigenvalue weighted by atomic mass is 10.1. The first kappa shape index (κ1) is 27.3. The van der Waals surface area contributed by atoms with Crippen LogP contribution in [0, 0.1) is 6.92 Å². The molecule has 0 unspecified atom stereocenters. The highest BCUT2D eigenvalue weighted by atomic mass is 16.2. The summed E-state index contributed by atoms with van der Waals surface area (Å²) < 4.78 is 0. The maximum absolute atomic E-state index is 12.6. The fourth-order valence-electron chi connectivity index (χ4n) is 3.32. The Labute approximate surface area is 221 Å². The second-order valence-electron chi connectivity index (χ2n) is 8.28. The van der Waals surface area contributed by atoms with Gasteiger partial charge >= 0.3 is 12.1 Å². The van der Waals surface area contributed by atoms with E-state index < -0.39 is 12.1 Å². The molecule has 11 heteroatoms. The number of carbonyl (C=O) groups is 2. The van der Waals surface area contributed by atoms with E-state index in [9.17, 15) is 9.59 Å². The van der Waals surface area contributed by atoms with Crippen molar-refractivity contribution >= 4 is 52.2 Å². The lowest BCUT2D eigenvalue weighted by Gasteiger charge is -2.13. The first-order valence-corrected chi connectivity index (χ1v) is 11.6. The summed E-state index contributed by atoms with van der Waals surface area (Å²) in [6.07, 6.45) is 0. The number of anilines is 4. The molecule has 3 aromatic rings. The van der Waals surface area contributed by atoms with E-state index in [1.807, 2.05) is 25.1 Å². The molecule has 0 spiro atoms. The van der Waals surface area contributed by atoms with Crippen molar-refractivity contribution in [2.24, 2.45) is 21.7 Å². The average molecular weight is 514 g/mol. The average Bonchev–Trinajstić information content (AvgIpc) is 2.89. The van der Waals surface area contributed by atoms with Crippen molar-refractivity contribution in [3.8, 4) is 0 Å². The number of urea groups is 2. The fraction of sp³-hybridized carbons (Fsp3) is 0.111. The van der Waals surface area contributed by atoms with Crippen molar-refractivity contribution in [3.63, 3.8) is 0 Å². The van der Waals surface area contributed by atoms with Gasteiger partial charge in [-0.3, -0.25) is 0 Å². The molecular weight excluding hydrogens is 482 g/mol. The van der Waals surface area contributed by atoms with Crippen molar-refractivity contribution in [2.45, 2.75) is 13.8 Å². The van der Waals surface area contributed by atoms with E-state index in [0.29, 0.717) is 28.5 Å². The van der Waals surface area contributed by atoms with Crippen molar-refractivity contribution in [1.82, 2.24) is 5.32 Å². The molecule has 0 fully saturated rings. The Morgan fingerprint density at radius 2 is 1.37 bits per heavy atom. The quantitative estimate of drug-likeness (QED) is 0.134. The smallest absolute Gasteiger partial charge is 0.323 e. The number of nitrogens with zero attached hydrogens (tertiary/aromatic N) is 2. The zero-order valence-corrected chi connectivity index (χ0v) is 21.4. The fourth-order valence-corrected chi connectivity index (χ4v) is 3.32. The molecule has 0 bridgehead atoms. The lowest BCUT2D eigenvalue weighted by molar-refractivity contribution is 0.261. The largest absolute Gasteiger partial charge is 0.388 e. The number of carbonyl (C=O) groups excluding carboxylic acids is 2. The Morgan fingerprint density at radius 1 is 0.763 bits per heavy atom. The molecule has 0 aromatic heterocycles. The van der Waals surface area contributed by atoms with Crippen molar-refractivity contribution in [2.75, 3.05) is 28.3 Å². The van der Waals surface area contributed by atoms with Gasteiger partial charge in [0.1, 0.15) is 0 Å². The molecule has 0 aliphatic heterocycles. The van der Waals surface area contributed by atoms with E-state index in [0.717, 1.165) is 22.4 Å². The molecular formula is C27H31N9O2. The van der Waals surface area contributed by atoms with Crippen LogP contribution in [0.2, 0.25) is 0 Å². The highest BCUT2D eigenvalue weighted by molar-refractivity contribution is 6.04. The highest BCUT2D eigenvalue weighted by Crippen LogP contribution is 2.22. The van der Waals surface area contributed by atoms with E-state index in [1.165, 1.54) is 0 Å². The molecule has 0 aliphatic carbocycles. The van der Waals surface area contributed by atoms with Crippen LogP contribution in [0.5, 0.6) is 0 Å². The van der Waals surface area contributed by atoms with Gasteiger partial charge in [0.2, 0.25) is 5.96 Å². The molecule has 38 heavy (non-hydrogen) atoms. The predicted octanol–water partition coefficient (Wildman–Crippen LogP) is 4.47. The lowest BCUT2D eigenvalue weighted by Crippen LogP contribution is -2.22. The molecule has 196 valence electrons. The van der Waals surface area contributed by atoms with E-state index in [2.05, 4.69) is 43.4 Å². The van der Waals surface area contributed by atoms with Crippen LogP contribution in [-0.4, -0.2) is 30.8 Å². The van der Waals surface area contributed by atoms with Gasteiger partial charge in [0.15, 0.2) is 0 Å². The van der Waals surface area contributed by atoms with Gasteiger partial charge in [-0.2, -0.15) is 5.10 Å². The van der Waals surface area contributed by atoms with Gasteiger partial charge in [-0.1, -0.05) is 36.9 Å². The third-order valence-corrected chi connectivity index (χ3v) is 5.39. The van der Waals surface area contributed by atoms with Crippen LogP contribution < -0.4 is 38.1 Å². The van der Waals surface area contributed by atoms with Gasteiger partial charge < -0.3 is 38.1 Å². The molecule has 0 saturated heterocycles. The Kier molecular flexibility index (Phi) is 9.03. The molecule has 9 N–H and O–H groups in total. The minimum absolute atomic E-state index is 0.145. The summed E-state index contributed by atoms with van der Waals surface area (Å²) in [6.45, 7) is 7.52. The van der Waals surface area contributed by atoms with E-state index in [-0.39, 0.29) is 5.96 Å². The van der Waals surface area contributed by atoms with Gasteiger partial charge in [-0.25, -0.2) is 9.59 Å². The van der Waals surface area contributed by atoms with Crippen LogP contribution in [0.15, 0.2) is 83.5 Å². The number of aryl methyl sites for hydroxylation is 1. The Morgan fingerprint density at radius 3 is 2.03 bits per heavy atom. The van der Waals surface area contributed by atoms with Gasteiger partial charge in [0.05, 0.1) is 5.71 Å². The summed E-state index contributed by atoms with van der Waals surface area (Å²) in [5.41, 5.74) is 16.7. The highest BCUT2D eigenvalue weighted by Gasteiger charge is 2.09. The van der Waals surface area contributed by atoms with E-state index in [4.69, 9.17) is 11.5 Å². The van der Waals surface area contributed by atoms with Crippen molar-refractivity contribution < 1.29 is 9.59 Å². The van der Waals surface area contributed by atoms with Crippen LogP contribution >= 0.6 is 0 Å². The molecule has 0 radical (unpaired) electrons. The molecule has 0 heterocycles. The zero-order valence-electron chi connectivity index (χ0n) is 21.4. The number of rotatable bonds is 8. The first-order chi connectivity index (χ1) is 18.1. The van der Waals surface area contributed by atoms with Gasteiger partial charge in [-0.05, 0) is 66.9 Å². The number of nitrogens with one attached hydrogen (secondary N) is 5. The Hall–Kier alpha value is -5.32. The van der Waals surface area contributed by atoms with E-state index in [1.54, 1.807) is 62.5 Å². The molecule has 11 nitrogen and oxygen atoms in total. The SMILES string of the molecule is C=C(NC)c1ccc(NC(=O)Nc2cc(NC(=O)Nc3cccc(/C(C)=N/N=C(N)N)c3)ccc2C)cc1. The van der Waals surface area contributed by atoms with E-state index >= 15 is 0 Å². The second kappa shape index (κ2) is 12.6. The van der Waals surface area contributed by atoms with Crippen LogP contribution in [0.1, 0.15) is 23.6 Å². The van der Waals surface area contributed by atoms with Crippen molar-refractivity contribution in [1.29, 1.82) is 0 Å². The molecule has 3 aromatic carbocycles. The van der Waals surface area contributed by atoms with Gasteiger partial charge in [0.25, 0.3) is 0 Å². The number of hydrogen-bond donors (Lipinski definition) is 7. The number of amides is 4. The summed E-state index contributed by atoms with van der Waals surface area (Å²) in [7, 11) is 1.80. The molecule has 0 saturated carbocycles. The summed E-state index contributed by atoms with van der Waals surface area (Å²) in [4.78, 5) is 25.2. The van der Waals surface area contributed by atoms with Gasteiger partial charge in [0, 0.05) is 35.5 Å².